The van der Waals surface area contributed by atoms with Crippen LogP contribution in [0.1, 0.15) is 57.9 Å². The first kappa shape index (κ1) is 17.3. The number of carbonyl (C=O) groups is 2. The van der Waals surface area contributed by atoms with Crippen molar-refractivity contribution in [1.29, 1.82) is 0 Å². The zero-order valence-corrected chi connectivity index (χ0v) is 15.0. The molecular formula is C20H23NO4. The highest BCUT2D eigenvalue weighted by Crippen LogP contribution is 2.38. The Bertz CT molecular complexity index is 800. The molecule has 0 saturated heterocycles. The lowest BCUT2D eigenvalue weighted by atomic mass is 10.1. The van der Waals surface area contributed by atoms with E-state index >= 15 is 0 Å². The van der Waals surface area contributed by atoms with E-state index in [0.29, 0.717) is 22.9 Å². The van der Waals surface area contributed by atoms with Gasteiger partial charge in [-0.2, -0.15) is 0 Å². The summed E-state index contributed by atoms with van der Waals surface area (Å²) < 4.78 is 12.7. The number of aryl methyl sites for hydroxylation is 1. The minimum absolute atomic E-state index is 0.230. The molecule has 1 unspecified atom stereocenters. The molecule has 3 rings (SSSR count). The third kappa shape index (κ3) is 3.45. The first-order valence-corrected chi connectivity index (χ1v) is 8.50. The van der Waals surface area contributed by atoms with E-state index in [1.54, 1.807) is 38.3 Å². The van der Waals surface area contributed by atoms with Crippen LogP contribution in [0.25, 0.3) is 0 Å². The number of benzene rings is 1. The van der Waals surface area contributed by atoms with Gasteiger partial charge in [0.2, 0.25) is 5.78 Å². The van der Waals surface area contributed by atoms with Crippen LogP contribution in [0.5, 0.6) is 5.75 Å². The molecule has 1 aliphatic rings. The number of Topliss-reactive ketones (excluding diaryl/α,β-unsaturated/α-hetero) is 1. The van der Waals surface area contributed by atoms with Crippen molar-refractivity contribution >= 4 is 11.8 Å². The van der Waals surface area contributed by atoms with Crippen molar-refractivity contribution in [2.75, 3.05) is 7.11 Å². The minimum Gasteiger partial charge on any atom is -0.497 e. The van der Waals surface area contributed by atoms with E-state index < -0.39 is 12.1 Å². The summed E-state index contributed by atoms with van der Waals surface area (Å²) >= 11 is 0. The number of nitrogens with zero attached hydrogens (tertiary/aromatic N) is 1. The number of methoxy groups -OCH3 is 1. The van der Waals surface area contributed by atoms with Gasteiger partial charge in [-0.05, 0) is 63.9 Å². The van der Waals surface area contributed by atoms with Crippen molar-refractivity contribution in [3.05, 3.63) is 52.8 Å². The van der Waals surface area contributed by atoms with Gasteiger partial charge in [-0.3, -0.25) is 4.79 Å². The van der Waals surface area contributed by atoms with Crippen molar-refractivity contribution in [2.45, 2.75) is 45.8 Å². The third-order valence-corrected chi connectivity index (χ3v) is 4.64. The van der Waals surface area contributed by atoms with Crippen molar-refractivity contribution < 1.29 is 19.1 Å². The summed E-state index contributed by atoms with van der Waals surface area (Å²) in [5.74, 6) is -0.00456. The van der Waals surface area contributed by atoms with Crippen LogP contribution in [0.2, 0.25) is 0 Å². The fourth-order valence-corrected chi connectivity index (χ4v) is 3.15. The molecule has 132 valence electrons. The van der Waals surface area contributed by atoms with Gasteiger partial charge in [0.15, 0.2) is 6.10 Å². The molecule has 5 nitrogen and oxygen atoms in total. The summed E-state index contributed by atoms with van der Waals surface area (Å²) in [5.41, 5.74) is 3.00. The Kier molecular flexibility index (Phi) is 4.66. The Balaban J connectivity index is 1.71. The molecule has 0 amide bonds. The van der Waals surface area contributed by atoms with Crippen molar-refractivity contribution in [3.8, 4) is 5.75 Å². The lowest BCUT2D eigenvalue weighted by molar-refractivity contribution is 0.0318. The van der Waals surface area contributed by atoms with E-state index in [0.717, 1.165) is 24.2 Å². The molecule has 1 aliphatic carbocycles. The molecular weight excluding hydrogens is 318 g/mol. The number of aromatic nitrogens is 1. The second kappa shape index (κ2) is 6.75. The van der Waals surface area contributed by atoms with Gasteiger partial charge in [0.25, 0.3) is 0 Å². The Labute approximate surface area is 147 Å². The summed E-state index contributed by atoms with van der Waals surface area (Å²) in [6.45, 7) is 5.52. The fraction of sp³-hybridized carbons (Fsp3) is 0.400. The fourth-order valence-electron chi connectivity index (χ4n) is 3.15. The first-order chi connectivity index (χ1) is 11.9. The molecule has 0 bridgehead atoms. The van der Waals surface area contributed by atoms with Gasteiger partial charge in [-0.25, -0.2) is 4.79 Å². The van der Waals surface area contributed by atoms with Crippen LogP contribution in [0, 0.1) is 13.8 Å². The first-order valence-electron chi connectivity index (χ1n) is 8.50. The van der Waals surface area contributed by atoms with Gasteiger partial charge >= 0.3 is 5.97 Å². The van der Waals surface area contributed by atoms with Gasteiger partial charge in [0.05, 0.1) is 12.7 Å². The molecule has 1 aromatic heterocycles. The minimum atomic E-state index is -0.843. The third-order valence-electron chi connectivity index (χ3n) is 4.64. The zero-order chi connectivity index (χ0) is 18.1. The van der Waals surface area contributed by atoms with Gasteiger partial charge in [-0.15, -0.1) is 0 Å². The maximum Gasteiger partial charge on any atom is 0.340 e. The SMILES string of the molecule is COc1ccc(C(=O)C(C)OC(=O)c2cc(C)n(C3CC3)c2C)cc1. The van der Waals surface area contributed by atoms with Crippen LogP contribution in [-0.2, 0) is 4.74 Å². The van der Waals surface area contributed by atoms with E-state index in [9.17, 15) is 9.59 Å². The lowest BCUT2D eigenvalue weighted by Crippen LogP contribution is -2.24. The highest BCUT2D eigenvalue weighted by molar-refractivity contribution is 6.01. The molecule has 0 N–H and O–H groups in total. The normalized spacial score (nSPS) is 14.9. The number of rotatable bonds is 6. The molecule has 5 heteroatoms. The monoisotopic (exact) mass is 341 g/mol. The molecule has 1 atom stereocenters. The van der Waals surface area contributed by atoms with Crippen molar-refractivity contribution in [1.82, 2.24) is 4.57 Å². The van der Waals surface area contributed by atoms with Crippen LogP contribution in [0.3, 0.4) is 0 Å². The molecule has 1 saturated carbocycles. The number of hydrogen-bond donors (Lipinski definition) is 0. The number of esters is 1. The highest BCUT2D eigenvalue weighted by atomic mass is 16.5. The van der Waals surface area contributed by atoms with Crippen molar-refractivity contribution in [2.24, 2.45) is 0 Å². The largest absolute Gasteiger partial charge is 0.497 e. The second-order valence-corrected chi connectivity index (χ2v) is 6.53. The van der Waals surface area contributed by atoms with Crippen LogP contribution >= 0.6 is 0 Å². The molecule has 1 aromatic carbocycles. The average Bonchev–Trinajstić information content (AvgIpc) is 3.39. The number of ether oxygens (including phenoxy) is 2. The van der Waals surface area contributed by atoms with E-state index in [-0.39, 0.29) is 5.78 Å². The summed E-state index contributed by atoms with van der Waals surface area (Å²) in [5, 5.41) is 0. The van der Waals surface area contributed by atoms with Crippen LogP contribution in [-0.4, -0.2) is 29.5 Å². The topological polar surface area (TPSA) is 57.5 Å². The van der Waals surface area contributed by atoms with E-state index in [1.807, 2.05) is 19.9 Å². The number of hydrogen-bond acceptors (Lipinski definition) is 4. The molecule has 1 heterocycles. The molecule has 0 aliphatic heterocycles. The summed E-state index contributed by atoms with van der Waals surface area (Å²) in [7, 11) is 1.57. The molecule has 2 aromatic rings. The lowest BCUT2D eigenvalue weighted by Gasteiger charge is -2.13. The Morgan fingerprint density at radius 1 is 1.16 bits per heavy atom. The van der Waals surface area contributed by atoms with Gasteiger partial charge in [0, 0.05) is 23.0 Å². The second-order valence-electron chi connectivity index (χ2n) is 6.53. The predicted octanol–water partition coefficient (Wildman–Crippen LogP) is 3.88. The Morgan fingerprint density at radius 2 is 1.80 bits per heavy atom. The molecule has 25 heavy (non-hydrogen) atoms. The van der Waals surface area contributed by atoms with E-state index in [4.69, 9.17) is 9.47 Å². The Morgan fingerprint density at radius 3 is 2.36 bits per heavy atom. The van der Waals surface area contributed by atoms with Crippen LogP contribution in [0.4, 0.5) is 0 Å². The van der Waals surface area contributed by atoms with Gasteiger partial charge in [-0.1, -0.05) is 0 Å². The maximum atomic E-state index is 12.5. The molecule has 0 spiro atoms. The van der Waals surface area contributed by atoms with Crippen LogP contribution < -0.4 is 4.74 Å². The van der Waals surface area contributed by atoms with Crippen LogP contribution in [0.15, 0.2) is 30.3 Å². The standard InChI is InChI=1S/C20H23NO4/c1-12-11-18(13(2)21(12)16-7-8-16)20(23)25-14(3)19(22)15-5-9-17(24-4)10-6-15/h5-6,9-11,14,16H,7-8H2,1-4H3. The van der Waals surface area contributed by atoms with Crippen molar-refractivity contribution in [3.63, 3.8) is 0 Å². The predicted molar refractivity (Wildman–Crippen MR) is 94.4 cm³/mol. The van der Waals surface area contributed by atoms with E-state index in [1.165, 1.54) is 0 Å². The van der Waals surface area contributed by atoms with E-state index in [2.05, 4.69) is 4.57 Å². The highest BCUT2D eigenvalue weighted by Gasteiger charge is 2.29. The maximum absolute atomic E-state index is 12.5. The quantitative estimate of drug-likeness (QED) is 0.591. The average molecular weight is 341 g/mol. The summed E-state index contributed by atoms with van der Waals surface area (Å²) in [4.78, 5) is 25.0. The summed E-state index contributed by atoms with van der Waals surface area (Å²) in [6, 6.07) is 9.12. The number of carbonyl (C=O) groups excluding carboxylic acids is 2. The van der Waals surface area contributed by atoms with Gasteiger partial charge in [0.1, 0.15) is 5.75 Å². The molecule has 1 fully saturated rings. The Hall–Kier alpha value is -2.56. The van der Waals surface area contributed by atoms with Gasteiger partial charge < -0.3 is 14.0 Å². The summed E-state index contributed by atoms with van der Waals surface area (Å²) in [6.07, 6.45) is 1.46. The molecule has 0 radical (unpaired) electrons. The zero-order valence-electron chi connectivity index (χ0n) is 15.0. The smallest absolute Gasteiger partial charge is 0.340 e. The number of ketones is 1.